The highest BCUT2D eigenvalue weighted by atomic mass is 16.5. The molecule has 1 aliphatic heterocycles. The number of imidazole rings is 1. The second-order valence-electron chi connectivity index (χ2n) is 7.03. The van der Waals surface area contributed by atoms with Gasteiger partial charge in [0.2, 0.25) is 5.95 Å². The lowest BCUT2D eigenvalue weighted by molar-refractivity contribution is -0.0175. The predicted octanol–water partition coefficient (Wildman–Crippen LogP) is 1.67. The molecular formula is C16H22N6O2. The third-order valence-electron chi connectivity index (χ3n) is 4.98. The lowest BCUT2D eigenvalue weighted by atomic mass is 10.0. The Bertz CT molecular complexity index is 839. The summed E-state index contributed by atoms with van der Waals surface area (Å²) in [7, 11) is 3.72. The Morgan fingerprint density at radius 3 is 3.04 bits per heavy atom. The maximum absolute atomic E-state index is 12.2. The van der Waals surface area contributed by atoms with E-state index in [9.17, 15) is 4.79 Å². The van der Waals surface area contributed by atoms with Crippen molar-refractivity contribution in [2.24, 2.45) is 16.8 Å². The number of nitrogens with one attached hydrogen (secondary N) is 1. The first-order valence-corrected chi connectivity index (χ1v) is 8.36. The number of H-pyrrole nitrogens is 1. The first-order valence-electron chi connectivity index (χ1n) is 8.36. The van der Waals surface area contributed by atoms with Crippen LogP contribution >= 0.6 is 0 Å². The number of nitrogens with zero attached hydrogens (tertiary/aromatic N) is 5. The molecule has 8 heteroatoms. The van der Waals surface area contributed by atoms with Crippen molar-refractivity contribution >= 4 is 23.5 Å². The minimum Gasteiger partial charge on any atom is -0.369 e. The topological polar surface area (TPSA) is 88.4 Å². The molecule has 128 valence electrons. The Balaban J connectivity index is 1.70. The van der Waals surface area contributed by atoms with Crippen molar-refractivity contribution in [2.75, 3.05) is 14.1 Å². The molecule has 1 aliphatic carbocycles. The lowest BCUT2D eigenvalue weighted by Gasteiger charge is -2.17. The summed E-state index contributed by atoms with van der Waals surface area (Å²) in [5.74, 6) is 1.46. The number of ether oxygens (including phenoxy) is 1. The van der Waals surface area contributed by atoms with Crippen molar-refractivity contribution in [3.8, 4) is 0 Å². The van der Waals surface area contributed by atoms with Crippen LogP contribution in [0, 0.1) is 11.8 Å². The van der Waals surface area contributed by atoms with Gasteiger partial charge in [0.15, 0.2) is 11.2 Å². The van der Waals surface area contributed by atoms with Gasteiger partial charge in [0.25, 0.3) is 5.56 Å². The highest BCUT2D eigenvalue weighted by Crippen LogP contribution is 2.46. The van der Waals surface area contributed by atoms with Crippen LogP contribution in [0.2, 0.25) is 0 Å². The van der Waals surface area contributed by atoms with E-state index in [-0.39, 0.29) is 17.7 Å². The lowest BCUT2D eigenvalue weighted by Crippen LogP contribution is -2.17. The molecule has 1 saturated heterocycles. The quantitative estimate of drug-likeness (QED) is 0.683. The molecule has 0 unspecified atom stereocenters. The summed E-state index contributed by atoms with van der Waals surface area (Å²) in [6.07, 6.45) is 6.85. The van der Waals surface area contributed by atoms with Crippen LogP contribution in [-0.4, -0.2) is 51.0 Å². The van der Waals surface area contributed by atoms with Crippen LogP contribution < -0.4 is 5.56 Å². The summed E-state index contributed by atoms with van der Waals surface area (Å²) in [6.45, 7) is 2.25. The zero-order valence-corrected chi connectivity index (χ0v) is 14.1. The van der Waals surface area contributed by atoms with Gasteiger partial charge in [-0.3, -0.25) is 14.3 Å². The zero-order chi connectivity index (χ0) is 16.8. The van der Waals surface area contributed by atoms with Crippen LogP contribution in [0.15, 0.2) is 16.1 Å². The van der Waals surface area contributed by atoms with Gasteiger partial charge in [0, 0.05) is 14.1 Å². The van der Waals surface area contributed by atoms with E-state index < -0.39 is 0 Å². The number of rotatable bonds is 3. The molecule has 1 saturated carbocycles. The predicted molar refractivity (Wildman–Crippen MR) is 90.4 cm³/mol. The van der Waals surface area contributed by atoms with Crippen LogP contribution in [0.5, 0.6) is 0 Å². The summed E-state index contributed by atoms with van der Waals surface area (Å²) in [5.41, 5.74) is 0.575. The standard InChI is InChI=1S/C16H22N6O2/c1-9-4-5-10-6-11(24-13(9)10)22-8-17-12-14(22)19-16(20-15(12)23)18-7-21(2)3/h7-11,13H,4-6H2,1-3H3,(H,19,20,23)/b18-7-/t9-,10-,11+,13-/m1/s1. The monoisotopic (exact) mass is 330 g/mol. The minimum atomic E-state index is -0.281. The third kappa shape index (κ3) is 2.50. The Kier molecular flexibility index (Phi) is 3.64. The molecule has 24 heavy (non-hydrogen) atoms. The number of aromatic nitrogens is 4. The van der Waals surface area contributed by atoms with Crippen LogP contribution in [0.3, 0.4) is 0 Å². The van der Waals surface area contributed by atoms with E-state index in [1.807, 2.05) is 18.7 Å². The molecule has 4 atom stereocenters. The van der Waals surface area contributed by atoms with E-state index >= 15 is 0 Å². The fourth-order valence-electron chi connectivity index (χ4n) is 3.80. The number of hydrogen-bond acceptors (Lipinski definition) is 5. The van der Waals surface area contributed by atoms with Gasteiger partial charge in [0.05, 0.1) is 18.8 Å². The van der Waals surface area contributed by atoms with E-state index in [0.29, 0.717) is 29.1 Å². The van der Waals surface area contributed by atoms with E-state index in [4.69, 9.17) is 4.74 Å². The largest absolute Gasteiger partial charge is 0.369 e. The summed E-state index contributed by atoms with van der Waals surface area (Å²) in [6, 6.07) is 0. The number of aromatic amines is 1. The van der Waals surface area contributed by atoms with Gasteiger partial charge >= 0.3 is 0 Å². The Morgan fingerprint density at radius 2 is 2.29 bits per heavy atom. The fourth-order valence-corrected chi connectivity index (χ4v) is 3.80. The van der Waals surface area contributed by atoms with Crippen LogP contribution in [0.4, 0.5) is 5.95 Å². The van der Waals surface area contributed by atoms with Crippen LogP contribution in [0.1, 0.15) is 32.4 Å². The van der Waals surface area contributed by atoms with Gasteiger partial charge < -0.3 is 9.64 Å². The molecule has 8 nitrogen and oxygen atoms in total. The van der Waals surface area contributed by atoms with Gasteiger partial charge in [-0.25, -0.2) is 9.98 Å². The van der Waals surface area contributed by atoms with E-state index in [2.05, 4.69) is 26.9 Å². The molecule has 2 aromatic rings. The molecule has 0 aromatic carbocycles. The highest BCUT2D eigenvalue weighted by Gasteiger charge is 2.43. The summed E-state index contributed by atoms with van der Waals surface area (Å²) in [5, 5.41) is 0. The second kappa shape index (κ2) is 5.70. The van der Waals surface area contributed by atoms with Crippen molar-refractivity contribution in [3.05, 3.63) is 16.7 Å². The zero-order valence-electron chi connectivity index (χ0n) is 14.1. The van der Waals surface area contributed by atoms with Crippen molar-refractivity contribution in [1.29, 1.82) is 0 Å². The van der Waals surface area contributed by atoms with Crippen LogP contribution in [0.25, 0.3) is 11.2 Å². The molecule has 0 amide bonds. The normalized spacial score (nSPS) is 29.6. The first-order chi connectivity index (χ1) is 11.5. The van der Waals surface area contributed by atoms with Crippen molar-refractivity contribution < 1.29 is 4.74 Å². The molecule has 2 fully saturated rings. The van der Waals surface area contributed by atoms with Gasteiger partial charge in [0.1, 0.15) is 6.23 Å². The average molecular weight is 330 g/mol. The molecule has 3 heterocycles. The van der Waals surface area contributed by atoms with Gasteiger partial charge in [-0.1, -0.05) is 6.92 Å². The molecule has 1 N–H and O–H groups in total. The van der Waals surface area contributed by atoms with Crippen molar-refractivity contribution in [1.82, 2.24) is 24.4 Å². The number of aliphatic imine (C=N–C) groups is 1. The summed E-state index contributed by atoms with van der Waals surface area (Å²) in [4.78, 5) is 29.5. The van der Waals surface area contributed by atoms with E-state index in [1.54, 1.807) is 17.6 Å². The van der Waals surface area contributed by atoms with E-state index in [1.165, 1.54) is 12.8 Å². The Morgan fingerprint density at radius 1 is 1.46 bits per heavy atom. The average Bonchev–Trinajstić information content (AvgIpc) is 3.21. The highest BCUT2D eigenvalue weighted by molar-refractivity contribution is 5.71. The van der Waals surface area contributed by atoms with Crippen molar-refractivity contribution in [3.63, 3.8) is 0 Å². The van der Waals surface area contributed by atoms with Gasteiger partial charge in [-0.05, 0) is 31.1 Å². The number of hydrogen-bond donors (Lipinski definition) is 1. The molecule has 4 rings (SSSR count). The van der Waals surface area contributed by atoms with Gasteiger partial charge in [-0.15, -0.1) is 0 Å². The molecule has 2 aliphatic rings. The summed E-state index contributed by atoms with van der Waals surface area (Å²) < 4.78 is 8.13. The molecular weight excluding hydrogens is 308 g/mol. The van der Waals surface area contributed by atoms with E-state index in [0.717, 1.165) is 6.42 Å². The molecule has 2 aromatic heterocycles. The molecule has 0 spiro atoms. The van der Waals surface area contributed by atoms with Gasteiger partial charge in [-0.2, -0.15) is 4.98 Å². The van der Waals surface area contributed by atoms with Crippen LogP contribution in [-0.2, 0) is 4.74 Å². The Labute approximate surface area is 139 Å². The van der Waals surface area contributed by atoms with Crippen molar-refractivity contribution in [2.45, 2.75) is 38.5 Å². The SMILES string of the molecule is C[C@@H]1CC[C@@H]2C[C@@H](n3cnc4c(=O)[nH]c(/N=C\N(C)C)nc43)O[C@@H]21. The maximum Gasteiger partial charge on any atom is 0.280 e. The molecule has 0 bridgehead atoms. The molecule has 0 radical (unpaired) electrons. The smallest absolute Gasteiger partial charge is 0.280 e. The Hall–Kier alpha value is -2.22. The number of fused-ring (bicyclic) bond motifs is 2. The minimum absolute atomic E-state index is 0.104. The summed E-state index contributed by atoms with van der Waals surface area (Å²) >= 11 is 0. The second-order valence-corrected chi connectivity index (χ2v) is 7.03. The first kappa shape index (κ1) is 15.3. The third-order valence-corrected chi connectivity index (χ3v) is 4.98. The fraction of sp³-hybridized carbons (Fsp3) is 0.625. The maximum atomic E-state index is 12.2.